The molecule has 1 aliphatic heterocycles. The highest BCUT2D eigenvalue weighted by Crippen LogP contribution is 2.24. The summed E-state index contributed by atoms with van der Waals surface area (Å²) >= 11 is 2.06. The van der Waals surface area contributed by atoms with E-state index in [1.54, 1.807) is 0 Å². The van der Waals surface area contributed by atoms with Crippen molar-refractivity contribution in [3.8, 4) is 0 Å². The maximum Gasteiger partial charge on any atom is 0.237 e. The monoisotopic (exact) mass is 270 g/mol. The van der Waals surface area contributed by atoms with Gasteiger partial charge in [0.15, 0.2) is 0 Å². The first-order chi connectivity index (χ1) is 8.75. The van der Waals surface area contributed by atoms with E-state index in [-0.39, 0.29) is 11.9 Å². The fourth-order valence-corrected chi connectivity index (χ4v) is 4.02. The van der Waals surface area contributed by atoms with Gasteiger partial charge in [-0.3, -0.25) is 4.79 Å². The fourth-order valence-electron chi connectivity index (χ4n) is 2.77. The van der Waals surface area contributed by atoms with Crippen LogP contribution in [0, 0.1) is 0 Å². The second-order valence-electron chi connectivity index (χ2n) is 5.61. The van der Waals surface area contributed by atoms with Crippen LogP contribution in [0.1, 0.15) is 51.9 Å². The molecule has 3 nitrogen and oxygen atoms in total. The molecule has 1 aliphatic carbocycles. The average molecular weight is 270 g/mol. The second-order valence-corrected chi connectivity index (χ2v) is 7.02. The van der Waals surface area contributed by atoms with Crippen molar-refractivity contribution in [3.63, 3.8) is 0 Å². The molecule has 1 heterocycles. The van der Waals surface area contributed by atoms with Gasteiger partial charge in [-0.25, -0.2) is 0 Å². The maximum absolute atomic E-state index is 12.0. The molecule has 1 saturated heterocycles. The zero-order valence-corrected chi connectivity index (χ0v) is 12.2. The molecule has 4 heteroatoms. The van der Waals surface area contributed by atoms with Crippen molar-refractivity contribution in [2.24, 2.45) is 0 Å². The molecule has 2 aliphatic rings. The number of amides is 1. The summed E-state index contributed by atoms with van der Waals surface area (Å²) in [7, 11) is 0. The van der Waals surface area contributed by atoms with E-state index in [0.29, 0.717) is 11.3 Å². The maximum atomic E-state index is 12.0. The van der Waals surface area contributed by atoms with Crippen LogP contribution in [0.2, 0.25) is 0 Å². The van der Waals surface area contributed by atoms with Crippen LogP contribution in [0.25, 0.3) is 0 Å². The Morgan fingerprint density at radius 3 is 2.61 bits per heavy atom. The molecule has 18 heavy (non-hydrogen) atoms. The number of carbonyl (C=O) groups is 1. The minimum atomic E-state index is -0.0480. The first kappa shape index (κ1) is 14.2. The summed E-state index contributed by atoms with van der Waals surface area (Å²) in [6.45, 7) is 2.96. The molecule has 2 unspecified atom stereocenters. The van der Waals surface area contributed by atoms with Gasteiger partial charge in [-0.15, -0.1) is 0 Å². The van der Waals surface area contributed by atoms with Crippen LogP contribution in [-0.4, -0.2) is 35.5 Å². The summed E-state index contributed by atoms with van der Waals surface area (Å²) in [6.07, 6.45) is 8.88. The van der Waals surface area contributed by atoms with E-state index in [1.165, 1.54) is 37.9 Å². The van der Waals surface area contributed by atoms with Gasteiger partial charge in [-0.05, 0) is 38.4 Å². The molecule has 1 saturated carbocycles. The van der Waals surface area contributed by atoms with E-state index in [4.69, 9.17) is 0 Å². The van der Waals surface area contributed by atoms with Crippen LogP contribution < -0.4 is 10.6 Å². The minimum absolute atomic E-state index is 0.0480. The van der Waals surface area contributed by atoms with Gasteiger partial charge in [0.05, 0.1) is 6.04 Å². The molecule has 0 aromatic rings. The predicted octanol–water partition coefficient (Wildman–Crippen LogP) is 2.31. The highest BCUT2D eigenvalue weighted by molar-refractivity contribution is 7.99. The van der Waals surface area contributed by atoms with Crippen molar-refractivity contribution in [1.29, 1.82) is 0 Å². The number of hydrogen-bond donors (Lipinski definition) is 2. The van der Waals surface area contributed by atoms with Gasteiger partial charge >= 0.3 is 0 Å². The summed E-state index contributed by atoms with van der Waals surface area (Å²) in [5.41, 5.74) is 0. The molecular formula is C14H26N2OS. The third-order valence-electron chi connectivity index (χ3n) is 4.02. The molecule has 0 radical (unpaired) electrons. The van der Waals surface area contributed by atoms with E-state index in [2.05, 4.69) is 22.4 Å². The Balaban J connectivity index is 1.63. The Labute approximate surface area is 115 Å². The number of nitrogens with one attached hydrogen (secondary N) is 2. The van der Waals surface area contributed by atoms with Gasteiger partial charge in [0, 0.05) is 17.8 Å². The molecule has 1 amide bonds. The summed E-state index contributed by atoms with van der Waals surface area (Å²) in [5.74, 6) is 1.47. The van der Waals surface area contributed by atoms with Crippen molar-refractivity contribution in [1.82, 2.24) is 10.6 Å². The smallest absolute Gasteiger partial charge is 0.237 e. The predicted molar refractivity (Wildman–Crippen MR) is 78.0 cm³/mol. The van der Waals surface area contributed by atoms with E-state index in [1.807, 2.05) is 6.92 Å². The Morgan fingerprint density at radius 2 is 1.94 bits per heavy atom. The lowest BCUT2D eigenvalue weighted by atomic mass is 10.1. The third-order valence-corrected chi connectivity index (χ3v) is 5.42. The highest BCUT2D eigenvalue weighted by atomic mass is 32.2. The summed E-state index contributed by atoms with van der Waals surface area (Å²) in [6, 6.07) is 0.388. The Bertz CT molecular complexity index is 261. The van der Waals surface area contributed by atoms with Gasteiger partial charge in [0.2, 0.25) is 5.91 Å². The molecule has 104 valence electrons. The van der Waals surface area contributed by atoms with E-state index >= 15 is 0 Å². The van der Waals surface area contributed by atoms with Crippen LogP contribution in [0.3, 0.4) is 0 Å². The molecule has 2 atom stereocenters. The lowest BCUT2D eigenvalue weighted by Crippen LogP contribution is -2.47. The summed E-state index contributed by atoms with van der Waals surface area (Å²) in [4.78, 5) is 12.0. The SMILES string of the molecule is CC(NCC1CCCCS1)C(=O)NC1CCCC1. The van der Waals surface area contributed by atoms with Crippen molar-refractivity contribution in [3.05, 3.63) is 0 Å². The normalized spacial score (nSPS) is 27.1. The van der Waals surface area contributed by atoms with Crippen LogP contribution in [0.5, 0.6) is 0 Å². The average Bonchev–Trinajstić information content (AvgIpc) is 2.90. The van der Waals surface area contributed by atoms with E-state index in [0.717, 1.165) is 19.4 Å². The molecular weight excluding hydrogens is 244 g/mol. The van der Waals surface area contributed by atoms with Crippen molar-refractivity contribution < 1.29 is 4.79 Å². The second kappa shape index (κ2) is 7.39. The number of thioether (sulfide) groups is 1. The van der Waals surface area contributed by atoms with Crippen LogP contribution in [-0.2, 0) is 4.79 Å². The quantitative estimate of drug-likeness (QED) is 0.805. The van der Waals surface area contributed by atoms with Gasteiger partial charge in [-0.1, -0.05) is 19.3 Å². The summed E-state index contributed by atoms with van der Waals surface area (Å²) < 4.78 is 0. The first-order valence-corrected chi connectivity index (χ1v) is 8.46. The topological polar surface area (TPSA) is 41.1 Å². The summed E-state index contributed by atoms with van der Waals surface area (Å²) in [5, 5.41) is 7.26. The third kappa shape index (κ3) is 4.47. The van der Waals surface area contributed by atoms with Crippen molar-refractivity contribution >= 4 is 17.7 Å². The minimum Gasteiger partial charge on any atom is -0.352 e. The number of hydrogen-bond acceptors (Lipinski definition) is 3. The lowest BCUT2D eigenvalue weighted by Gasteiger charge is -2.24. The highest BCUT2D eigenvalue weighted by Gasteiger charge is 2.21. The first-order valence-electron chi connectivity index (χ1n) is 7.41. The molecule has 0 bridgehead atoms. The zero-order chi connectivity index (χ0) is 12.8. The van der Waals surface area contributed by atoms with Crippen LogP contribution in [0.4, 0.5) is 0 Å². The fraction of sp³-hybridized carbons (Fsp3) is 0.929. The van der Waals surface area contributed by atoms with Crippen molar-refractivity contribution in [2.75, 3.05) is 12.3 Å². The molecule has 0 aromatic carbocycles. The van der Waals surface area contributed by atoms with Crippen LogP contribution >= 0.6 is 11.8 Å². The standard InChI is InChI=1S/C14H26N2OS/c1-11(14(17)16-12-6-2-3-7-12)15-10-13-8-4-5-9-18-13/h11-13,15H,2-10H2,1H3,(H,16,17). The van der Waals surface area contributed by atoms with Gasteiger partial charge in [0.1, 0.15) is 0 Å². The molecule has 0 spiro atoms. The molecule has 0 aromatic heterocycles. The van der Waals surface area contributed by atoms with Crippen LogP contribution in [0.15, 0.2) is 0 Å². The number of carbonyl (C=O) groups excluding carboxylic acids is 1. The van der Waals surface area contributed by atoms with E-state index < -0.39 is 0 Å². The van der Waals surface area contributed by atoms with Gasteiger partial charge < -0.3 is 10.6 Å². The van der Waals surface area contributed by atoms with E-state index in [9.17, 15) is 4.79 Å². The van der Waals surface area contributed by atoms with Gasteiger partial charge in [-0.2, -0.15) is 11.8 Å². The van der Waals surface area contributed by atoms with Crippen molar-refractivity contribution in [2.45, 2.75) is 69.2 Å². The molecule has 2 fully saturated rings. The Kier molecular flexibility index (Phi) is 5.83. The Morgan fingerprint density at radius 1 is 1.22 bits per heavy atom. The molecule has 2 N–H and O–H groups in total. The van der Waals surface area contributed by atoms with Gasteiger partial charge in [0.25, 0.3) is 0 Å². The molecule has 2 rings (SSSR count). The number of rotatable bonds is 5. The Hall–Kier alpha value is -0.220. The lowest BCUT2D eigenvalue weighted by molar-refractivity contribution is -0.123. The zero-order valence-electron chi connectivity index (χ0n) is 11.4. The largest absolute Gasteiger partial charge is 0.352 e.